The molecule has 1 aromatic carbocycles. The lowest BCUT2D eigenvalue weighted by atomic mass is 10.1. The summed E-state index contributed by atoms with van der Waals surface area (Å²) in [4.78, 5) is 34.8. The first kappa shape index (κ1) is 27.3. The van der Waals surface area contributed by atoms with E-state index >= 15 is 0 Å². The fraction of sp³-hybridized carbons (Fsp3) is 0.241. The van der Waals surface area contributed by atoms with E-state index in [9.17, 15) is 9.59 Å². The lowest BCUT2D eigenvalue weighted by molar-refractivity contribution is -0.115. The van der Waals surface area contributed by atoms with Crippen LogP contribution in [0.4, 0.5) is 5.13 Å². The molecule has 0 aliphatic rings. The highest BCUT2D eigenvalue weighted by Crippen LogP contribution is 2.27. The van der Waals surface area contributed by atoms with Crippen LogP contribution in [-0.4, -0.2) is 38.6 Å². The number of aromatic nitrogens is 3. The number of carbonyl (C=O) groups is 2. The molecule has 9 heteroatoms. The van der Waals surface area contributed by atoms with Gasteiger partial charge in [-0.1, -0.05) is 55.8 Å². The normalized spacial score (nSPS) is 12.1. The molecule has 0 saturated carbocycles. The fourth-order valence-corrected chi connectivity index (χ4v) is 5.20. The van der Waals surface area contributed by atoms with E-state index in [1.807, 2.05) is 58.1 Å². The van der Waals surface area contributed by atoms with E-state index in [2.05, 4.69) is 48.5 Å². The number of benzene rings is 1. The highest BCUT2D eigenvalue weighted by atomic mass is 32.2. The average Bonchev–Trinajstić information content (AvgIpc) is 3.56. The summed E-state index contributed by atoms with van der Waals surface area (Å²) in [6.45, 7) is 6.21. The van der Waals surface area contributed by atoms with Gasteiger partial charge >= 0.3 is 0 Å². The summed E-state index contributed by atoms with van der Waals surface area (Å²) in [5.41, 5.74) is 6.19. The van der Waals surface area contributed by atoms with Gasteiger partial charge in [-0.25, -0.2) is 9.97 Å². The Hall–Kier alpha value is -3.69. The fourth-order valence-electron chi connectivity index (χ4n) is 3.91. The van der Waals surface area contributed by atoms with Gasteiger partial charge in [0.25, 0.3) is 5.91 Å². The minimum Gasteiger partial charge on any atom is -0.343 e. The standard InChI is InChI=1S/C29H31N5O2S2/c1-5-10-20(15-19(3)6-2)23-12-9-13-24(31-23)25-18-38-29(32-25)33-27(35)16-30-28(36)22-17-34(37-4)26-14-8-7-11-21(22)26/h7-15,17-18H,5-6,16H2,1-4H3,(H,30,36)(H,32,33,35)/b19-15-,20-10-. The van der Waals surface area contributed by atoms with Crippen molar-refractivity contribution in [1.82, 2.24) is 19.3 Å². The van der Waals surface area contributed by atoms with Crippen molar-refractivity contribution in [2.75, 3.05) is 18.1 Å². The van der Waals surface area contributed by atoms with Crippen LogP contribution in [0.15, 0.2) is 71.8 Å². The maximum atomic E-state index is 12.8. The van der Waals surface area contributed by atoms with Crippen molar-refractivity contribution in [2.24, 2.45) is 0 Å². The van der Waals surface area contributed by atoms with Crippen LogP contribution in [0, 0.1) is 0 Å². The largest absolute Gasteiger partial charge is 0.343 e. The lowest BCUT2D eigenvalue weighted by Crippen LogP contribution is -2.32. The van der Waals surface area contributed by atoms with Crippen LogP contribution in [0.5, 0.6) is 0 Å². The van der Waals surface area contributed by atoms with Crippen molar-refractivity contribution in [3.8, 4) is 11.4 Å². The van der Waals surface area contributed by atoms with Gasteiger partial charge in [-0.05, 0) is 55.5 Å². The molecule has 0 unspecified atom stereocenters. The average molecular weight is 546 g/mol. The summed E-state index contributed by atoms with van der Waals surface area (Å²) in [5.74, 6) is -0.642. The smallest absolute Gasteiger partial charge is 0.253 e. The third-order valence-electron chi connectivity index (χ3n) is 5.97. The molecule has 7 nitrogen and oxygen atoms in total. The van der Waals surface area contributed by atoms with E-state index in [4.69, 9.17) is 4.98 Å². The molecule has 0 spiro atoms. The van der Waals surface area contributed by atoms with Crippen LogP contribution in [0.25, 0.3) is 27.9 Å². The van der Waals surface area contributed by atoms with Gasteiger partial charge in [-0.3, -0.25) is 13.6 Å². The number of hydrogen-bond donors (Lipinski definition) is 2. The molecule has 4 rings (SSSR count). The highest BCUT2D eigenvalue weighted by Gasteiger charge is 2.16. The van der Waals surface area contributed by atoms with Crippen molar-refractivity contribution < 1.29 is 9.59 Å². The van der Waals surface area contributed by atoms with Gasteiger partial charge in [0.15, 0.2) is 5.13 Å². The number of allylic oxidation sites excluding steroid dienone is 4. The second-order valence-corrected chi connectivity index (χ2v) is 10.3. The zero-order chi connectivity index (χ0) is 27.1. The van der Waals surface area contributed by atoms with Crippen molar-refractivity contribution >= 4 is 56.7 Å². The van der Waals surface area contributed by atoms with E-state index in [1.165, 1.54) is 28.9 Å². The second kappa shape index (κ2) is 12.7. The summed E-state index contributed by atoms with van der Waals surface area (Å²) in [5, 5.41) is 8.67. The second-order valence-electron chi connectivity index (χ2n) is 8.66. The molecular formula is C29H31N5O2S2. The molecule has 38 heavy (non-hydrogen) atoms. The minimum atomic E-state index is -0.345. The van der Waals surface area contributed by atoms with E-state index in [1.54, 1.807) is 6.20 Å². The number of nitrogens with zero attached hydrogens (tertiary/aromatic N) is 3. The van der Waals surface area contributed by atoms with Crippen LogP contribution >= 0.6 is 23.3 Å². The number of hydrogen-bond acceptors (Lipinski definition) is 6. The molecule has 2 amide bonds. The van der Waals surface area contributed by atoms with E-state index in [0.717, 1.165) is 40.7 Å². The van der Waals surface area contributed by atoms with Gasteiger partial charge in [0.1, 0.15) is 5.69 Å². The molecule has 0 atom stereocenters. The molecule has 0 fully saturated rings. The monoisotopic (exact) mass is 545 g/mol. The van der Waals surface area contributed by atoms with Gasteiger partial charge in [-0.15, -0.1) is 11.3 Å². The Bertz CT molecular complexity index is 1520. The molecule has 3 aromatic heterocycles. The quantitative estimate of drug-likeness (QED) is 0.214. The Morgan fingerprint density at radius 1 is 1.08 bits per heavy atom. The van der Waals surface area contributed by atoms with Crippen molar-refractivity contribution in [2.45, 2.75) is 33.6 Å². The zero-order valence-corrected chi connectivity index (χ0v) is 23.6. The first-order valence-corrected chi connectivity index (χ1v) is 14.5. The number of para-hydroxylation sites is 1. The van der Waals surface area contributed by atoms with Crippen LogP contribution in [0.2, 0.25) is 0 Å². The van der Waals surface area contributed by atoms with Crippen LogP contribution < -0.4 is 10.6 Å². The number of fused-ring (bicyclic) bond motifs is 1. The van der Waals surface area contributed by atoms with Gasteiger partial charge in [0.05, 0.1) is 29.0 Å². The van der Waals surface area contributed by atoms with Crippen molar-refractivity contribution in [3.05, 3.63) is 83.0 Å². The first-order chi connectivity index (χ1) is 18.4. The van der Waals surface area contributed by atoms with Crippen LogP contribution in [-0.2, 0) is 4.79 Å². The molecule has 196 valence electrons. The molecule has 4 aromatic rings. The predicted octanol–water partition coefficient (Wildman–Crippen LogP) is 6.80. The summed E-state index contributed by atoms with van der Waals surface area (Å²) in [6, 6.07) is 13.6. The Kier molecular flexibility index (Phi) is 9.15. The van der Waals surface area contributed by atoms with Gasteiger partial charge < -0.3 is 10.6 Å². The number of rotatable bonds is 10. The van der Waals surface area contributed by atoms with E-state index < -0.39 is 0 Å². The highest BCUT2D eigenvalue weighted by molar-refractivity contribution is 7.97. The van der Waals surface area contributed by atoms with Gasteiger partial charge in [0.2, 0.25) is 5.91 Å². The Balaban J connectivity index is 1.41. The van der Waals surface area contributed by atoms with Gasteiger partial charge in [0, 0.05) is 23.2 Å². The molecule has 0 bridgehead atoms. The van der Waals surface area contributed by atoms with Crippen LogP contribution in [0.1, 0.15) is 49.7 Å². The summed E-state index contributed by atoms with van der Waals surface area (Å²) in [6.07, 6.45) is 9.98. The molecule has 0 aliphatic carbocycles. The topological polar surface area (TPSA) is 88.9 Å². The first-order valence-electron chi connectivity index (χ1n) is 12.5. The number of amides is 2. The summed E-state index contributed by atoms with van der Waals surface area (Å²) >= 11 is 2.83. The molecule has 2 N–H and O–H groups in total. The Morgan fingerprint density at radius 2 is 1.89 bits per heavy atom. The van der Waals surface area contributed by atoms with Crippen LogP contribution in [0.3, 0.4) is 0 Å². The summed E-state index contributed by atoms with van der Waals surface area (Å²) in [7, 11) is 0. The Labute approximate surface area is 231 Å². The molecule has 0 saturated heterocycles. The van der Waals surface area contributed by atoms with Crippen molar-refractivity contribution in [1.29, 1.82) is 0 Å². The summed E-state index contributed by atoms with van der Waals surface area (Å²) < 4.78 is 1.94. The third-order valence-corrected chi connectivity index (χ3v) is 7.42. The predicted molar refractivity (Wildman–Crippen MR) is 159 cm³/mol. The number of nitrogens with one attached hydrogen (secondary N) is 2. The van der Waals surface area contributed by atoms with Crippen molar-refractivity contribution in [3.63, 3.8) is 0 Å². The maximum Gasteiger partial charge on any atom is 0.253 e. The number of pyridine rings is 1. The molecule has 3 heterocycles. The third kappa shape index (κ3) is 6.41. The molecular weight excluding hydrogens is 514 g/mol. The maximum absolute atomic E-state index is 12.8. The minimum absolute atomic E-state index is 0.158. The Morgan fingerprint density at radius 3 is 2.66 bits per heavy atom. The zero-order valence-electron chi connectivity index (χ0n) is 21.9. The van der Waals surface area contributed by atoms with E-state index in [-0.39, 0.29) is 18.4 Å². The number of carbonyl (C=O) groups excluding carboxylic acids is 2. The molecule has 0 radical (unpaired) electrons. The number of anilines is 1. The molecule has 0 aliphatic heterocycles. The lowest BCUT2D eigenvalue weighted by Gasteiger charge is -2.06. The van der Waals surface area contributed by atoms with Gasteiger partial charge in [-0.2, -0.15) is 0 Å². The van der Waals surface area contributed by atoms with E-state index in [0.29, 0.717) is 16.4 Å². The number of thiazole rings is 1. The SMILES string of the molecule is CC/C=C(/C=C(/C)CC)c1cccc(-c2csc(NC(=O)CNC(=O)c3cn(SC)c4ccccc34)n2)n1.